The molecule has 3 nitrogen and oxygen atoms in total. The van der Waals surface area contributed by atoms with Crippen molar-refractivity contribution < 1.29 is 0 Å². The SMILES string of the molecule is NCC1(N)CCN(CCCc2ccccc2)CC1. The van der Waals surface area contributed by atoms with Gasteiger partial charge in [0.25, 0.3) is 0 Å². The predicted octanol–water partition coefficient (Wildman–Crippen LogP) is 1.37. The zero-order valence-corrected chi connectivity index (χ0v) is 11.1. The second-order valence-electron chi connectivity index (χ2n) is 5.50. The average Bonchev–Trinajstić information content (AvgIpc) is 2.42. The zero-order chi connectivity index (χ0) is 12.8. The van der Waals surface area contributed by atoms with Crippen LogP contribution >= 0.6 is 0 Å². The first-order valence-corrected chi connectivity index (χ1v) is 6.97. The summed E-state index contributed by atoms with van der Waals surface area (Å²) in [5.74, 6) is 0. The molecule has 0 spiro atoms. The smallest absolute Gasteiger partial charge is 0.0303 e. The van der Waals surface area contributed by atoms with Gasteiger partial charge in [0, 0.05) is 12.1 Å². The van der Waals surface area contributed by atoms with E-state index in [0.717, 1.165) is 25.9 Å². The highest BCUT2D eigenvalue weighted by molar-refractivity contribution is 5.14. The number of nitrogens with two attached hydrogens (primary N) is 2. The molecule has 0 atom stereocenters. The van der Waals surface area contributed by atoms with E-state index in [2.05, 4.69) is 35.2 Å². The predicted molar refractivity (Wildman–Crippen MR) is 76.4 cm³/mol. The second kappa shape index (κ2) is 6.32. The number of nitrogens with zero attached hydrogens (tertiary/aromatic N) is 1. The minimum atomic E-state index is -0.101. The van der Waals surface area contributed by atoms with Crippen LogP contribution in [0.5, 0.6) is 0 Å². The van der Waals surface area contributed by atoms with Gasteiger partial charge in [0.15, 0.2) is 0 Å². The Bertz CT molecular complexity index is 342. The van der Waals surface area contributed by atoms with Crippen molar-refractivity contribution in [2.24, 2.45) is 11.5 Å². The molecule has 1 aliphatic heterocycles. The Balaban J connectivity index is 1.67. The molecule has 1 heterocycles. The van der Waals surface area contributed by atoms with E-state index < -0.39 is 0 Å². The molecule has 1 aliphatic rings. The highest BCUT2D eigenvalue weighted by atomic mass is 15.1. The summed E-state index contributed by atoms with van der Waals surface area (Å²) in [5, 5.41) is 0. The molecular formula is C15H25N3. The monoisotopic (exact) mass is 247 g/mol. The molecule has 0 unspecified atom stereocenters. The van der Waals surface area contributed by atoms with Crippen LogP contribution in [-0.4, -0.2) is 36.6 Å². The highest BCUT2D eigenvalue weighted by Gasteiger charge is 2.28. The first-order valence-electron chi connectivity index (χ1n) is 6.97. The lowest BCUT2D eigenvalue weighted by Gasteiger charge is -2.38. The first-order chi connectivity index (χ1) is 8.72. The molecule has 1 aromatic rings. The fourth-order valence-electron chi connectivity index (χ4n) is 2.58. The van der Waals surface area contributed by atoms with Crippen LogP contribution in [0.3, 0.4) is 0 Å². The van der Waals surface area contributed by atoms with E-state index in [0.29, 0.717) is 6.54 Å². The Morgan fingerprint density at radius 3 is 2.39 bits per heavy atom. The number of likely N-dealkylation sites (tertiary alicyclic amines) is 1. The summed E-state index contributed by atoms with van der Waals surface area (Å²) in [5.41, 5.74) is 13.2. The van der Waals surface area contributed by atoms with Gasteiger partial charge >= 0.3 is 0 Å². The maximum atomic E-state index is 6.19. The Morgan fingerprint density at radius 1 is 1.11 bits per heavy atom. The Labute approximate surface area is 110 Å². The van der Waals surface area contributed by atoms with E-state index in [1.54, 1.807) is 0 Å². The van der Waals surface area contributed by atoms with Crippen molar-refractivity contribution in [1.82, 2.24) is 4.90 Å². The minimum Gasteiger partial charge on any atom is -0.329 e. The molecule has 0 radical (unpaired) electrons. The molecule has 2 rings (SSSR count). The van der Waals surface area contributed by atoms with Crippen molar-refractivity contribution >= 4 is 0 Å². The lowest BCUT2D eigenvalue weighted by molar-refractivity contribution is 0.164. The van der Waals surface area contributed by atoms with Crippen molar-refractivity contribution in [3.05, 3.63) is 35.9 Å². The molecule has 18 heavy (non-hydrogen) atoms. The normalized spacial score (nSPS) is 19.9. The average molecular weight is 247 g/mol. The third-order valence-electron chi connectivity index (χ3n) is 4.04. The van der Waals surface area contributed by atoms with E-state index >= 15 is 0 Å². The number of piperidine rings is 1. The summed E-state index contributed by atoms with van der Waals surface area (Å²) >= 11 is 0. The quantitative estimate of drug-likeness (QED) is 0.826. The standard InChI is InChI=1S/C15H25N3/c16-13-15(17)8-11-18(12-9-15)10-4-7-14-5-2-1-3-6-14/h1-3,5-6H,4,7-13,16-17H2. The topological polar surface area (TPSA) is 55.3 Å². The summed E-state index contributed by atoms with van der Waals surface area (Å²) in [7, 11) is 0. The summed E-state index contributed by atoms with van der Waals surface area (Å²) < 4.78 is 0. The largest absolute Gasteiger partial charge is 0.329 e. The first kappa shape index (κ1) is 13.5. The van der Waals surface area contributed by atoms with Crippen LogP contribution in [0.25, 0.3) is 0 Å². The van der Waals surface area contributed by atoms with Crippen LogP contribution in [0.2, 0.25) is 0 Å². The van der Waals surface area contributed by atoms with Gasteiger partial charge in [0.1, 0.15) is 0 Å². The van der Waals surface area contributed by atoms with Crippen molar-refractivity contribution in [3.8, 4) is 0 Å². The van der Waals surface area contributed by atoms with E-state index in [4.69, 9.17) is 11.5 Å². The summed E-state index contributed by atoms with van der Waals surface area (Å²) in [6.45, 7) is 3.99. The van der Waals surface area contributed by atoms with Crippen LogP contribution < -0.4 is 11.5 Å². The summed E-state index contributed by atoms with van der Waals surface area (Å²) in [6, 6.07) is 10.7. The second-order valence-corrected chi connectivity index (χ2v) is 5.50. The molecule has 1 aromatic carbocycles. The van der Waals surface area contributed by atoms with Crippen LogP contribution in [0.15, 0.2) is 30.3 Å². The van der Waals surface area contributed by atoms with E-state index in [9.17, 15) is 0 Å². The number of aryl methyl sites for hydroxylation is 1. The lowest BCUT2D eigenvalue weighted by atomic mass is 9.89. The lowest BCUT2D eigenvalue weighted by Crippen LogP contribution is -2.54. The van der Waals surface area contributed by atoms with Crippen molar-refractivity contribution in [3.63, 3.8) is 0 Å². The van der Waals surface area contributed by atoms with E-state index in [1.807, 2.05) is 0 Å². The third-order valence-corrected chi connectivity index (χ3v) is 4.04. The fourth-order valence-corrected chi connectivity index (χ4v) is 2.58. The molecule has 100 valence electrons. The van der Waals surface area contributed by atoms with Gasteiger partial charge in [-0.1, -0.05) is 30.3 Å². The third kappa shape index (κ3) is 3.80. The zero-order valence-electron chi connectivity index (χ0n) is 11.1. The van der Waals surface area contributed by atoms with Crippen LogP contribution in [0, 0.1) is 0 Å². The molecular weight excluding hydrogens is 222 g/mol. The summed E-state index contributed by atoms with van der Waals surface area (Å²) in [6.07, 6.45) is 4.47. The molecule has 0 aliphatic carbocycles. The number of hydrogen-bond donors (Lipinski definition) is 2. The van der Waals surface area contributed by atoms with Gasteiger partial charge in [-0.2, -0.15) is 0 Å². The van der Waals surface area contributed by atoms with Gasteiger partial charge in [-0.05, 0) is 50.9 Å². The minimum absolute atomic E-state index is 0.101. The summed E-state index contributed by atoms with van der Waals surface area (Å²) in [4.78, 5) is 2.52. The van der Waals surface area contributed by atoms with Crippen LogP contribution in [-0.2, 0) is 6.42 Å². The van der Waals surface area contributed by atoms with Gasteiger partial charge < -0.3 is 16.4 Å². The van der Waals surface area contributed by atoms with Gasteiger partial charge in [0.05, 0.1) is 0 Å². The van der Waals surface area contributed by atoms with Gasteiger partial charge in [-0.25, -0.2) is 0 Å². The van der Waals surface area contributed by atoms with Crippen LogP contribution in [0.4, 0.5) is 0 Å². The highest BCUT2D eigenvalue weighted by Crippen LogP contribution is 2.18. The molecule has 0 aromatic heterocycles. The van der Waals surface area contributed by atoms with E-state index in [-0.39, 0.29) is 5.54 Å². The molecule has 0 amide bonds. The maximum Gasteiger partial charge on any atom is 0.0303 e. The fraction of sp³-hybridized carbons (Fsp3) is 0.600. The Hall–Kier alpha value is -0.900. The van der Waals surface area contributed by atoms with Crippen molar-refractivity contribution in [1.29, 1.82) is 0 Å². The number of benzene rings is 1. The Kier molecular flexibility index (Phi) is 4.75. The van der Waals surface area contributed by atoms with Gasteiger partial charge in [-0.3, -0.25) is 0 Å². The molecule has 1 fully saturated rings. The molecule has 0 bridgehead atoms. The molecule has 1 saturated heterocycles. The van der Waals surface area contributed by atoms with Crippen molar-refractivity contribution in [2.75, 3.05) is 26.2 Å². The maximum absolute atomic E-state index is 6.19. The molecule has 0 saturated carbocycles. The van der Waals surface area contributed by atoms with Crippen molar-refractivity contribution in [2.45, 2.75) is 31.2 Å². The molecule has 4 N–H and O–H groups in total. The molecule has 3 heteroatoms. The number of rotatable bonds is 5. The van der Waals surface area contributed by atoms with Gasteiger partial charge in [0.2, 0.25) is 0 Å². The Morgan fingerprint density at radius 2 is 1.78 bits per heavy atom. The van der Waals surface area contributed by atoms with Crippen LogP contribution in [0.1, 0.15) is 24.8 Å². The number of hydrogen-bond acceptors (Lipinski definition) is 3. The van der Waals surface area contributed by atoms with E-state index in [1.165, 1.54) is 24.9 Å². The van der Waals surface area contributed by atoms with Gasteiger partial charge in [-0.15, -0.1) is 0 Å².